The molecule has 0 saturated carbocycles. The van der Waals surface area contributed by atoms with E-state index in [-0.39, 0.29) is 5.91 Å². The molecule has 0 spiro atoms. The molecule has 0 atom stereocenters. The van der Waals surface area contributed by atoms with Crippen LogP contribution in [0, 0.1) is 0 Å². The van der Waals surface area contributed by atoms with Crippen molar-refractivity contribution >= 4 is 11.6 Å². The predicted octanol–water partition coefficient (Wildman–Crippen LogP) is 3.28. The zero-order chi connectivity index (χ0) is 19.1. The van der Waals surface area contributed by atoms with Crippen LogP contribution in [0.4, 0.5) is 0 Å². The van der Waals surface area contributed by atoms with Crippen LogP contribution in [0.2, 0.25) is 0 Å². The molecule has 0 fully saturated rings. The summed E-state index contributed by atoms with van der Waals surface area (Å²) >= 11 is 0. The molecule has 3 aromatic rings. The van der Waals surface area contributed by atoms with Crippen LogP contribution in [0.3, 0.4) is 0 Å². The lowest BCUT2D eigenvalue weighted by atomic mass is 10.0. The number of hydrazone groups is 1. The number of carbonyl (C=O) groups is 1. The van der Waals surface area contributed by atoms with Crippen molar-refractivity contribution in [2.75, 3.05) is 14.2 Å². The Balaban J connectivity index is 1.90. The normalized spacial score (nSPS) is 11.0. The highest BCUT2D eigenvalue weighted by atomic mass is 16.5. The molecule has 1 amide bonds. The monoisotopic (exact) mass is 361 g/mol. The van der Waals surface area contributed by atoms with Gasteiger partial charge >= 0.3 is 0 Å². The third-order valence-electron chi connectivity index (χ3n) is 3.92. The number of pyridine rings is 1. The maximum Gasteiger partial charge on any atom is 0.271 e. The average Bonchev–Trinajstić information content (AvgIpc) is 2.74. The van der Waals surface area contributed by atoms with Crippen LogP contribution in [0.5, 0.6) is 11.5 Å². The zero-order valence-electron chi connectivity index (χ0n) is 15.0. The minimum Gasteiger partial charge on any atom is -0.493 e. The lowest BCUT2D eigenvalue weighted by Gasteiger charge is -2.10. The summed E-state index contributed by atoms with van der Waals surface area (Å²) in [5.74, 6) is 0.685. The van der Waals surface area contributed by atoms with Gasteiger partial charge in [0.1, 0.15) is 0 Å². The number of ether oxygens (including phenoxy) is 2. The summed E-state index contributed by atoms with van der Waals surface area (Å²) in [5, 5.41) is 4.36. The van der Waals surface area contributed by atoms with Crippen LogP contribution >= 0.6 is 0 Å². The third kappa shape index (κ3) is 4.30. The largest absolute Gasteiger partial charge is 0.493 e. The Morgan fingerprint density at radius 2 is 1.52 bits per heavy atom. The molecule has 6 heteroatoms. The summed E-state index contributed by atoms with van der Waals surface area (Å²) < 4.78 is 10.4. The molecule has 27 heavy (non-hydrogen) atoms. The number of amides is 1. The van der Waals surface area contributed by atoms with Crippen LogP contribution in [0.15, 0.2) is 78.2 Å². The molecule has 0 saturated heterocycles. The molecule has 1 heterocycles. The summed E-state index contributed by atoms with van der Waals surface area (Å²) in [7, 11) is 3.07. The van der Waals surface area contributed by atoms with Crippen LogP contribution in [0.1, 0.15) is 21.5 Å². The number of nitrogens with one attached hydrogen (secondary N) is 1. The lowest BCUT2D eigenvalue weighted by Crippen LogP contribution is -2.20. The van der Waals surface area contributed by atoms with Gasteiger partial charge in [-0.05, 0) is 30.3 Å². The van der Waals surface area contributed by atoms with Gasteiger partial charge in [0.25, 0.3) is 5.91 Å². The van der Waals surface area contributed by atoms with Gasteiger partial charge in [-0.15, -0.1) is 0 Å². The molecule has 2 aromatic carbocycles. The first kappa shape index (κ1) is 18.1. The fourth-order valence-electron chi connectivity index (χ4n) is 2.55. The summed E-state index contributed by atoms with van der Waals surface area (Å²) in [6, 6.07) is 18.3. The molecule has 136 valence electrons. The first-order chi connectivity index (χ1) is 13.2. The second-order valence-corrected chi connectivity index (χ2v) is 5.57. The Kier molecular flexibility index (Phi) is 5.79. The molecule has 0 aliphatic heterocycles. The van der Waals surface area contributed by atoms with Crippen molar-refractivity contribution in [1.82, 2.24) is 10.4 Å². The Hall–Kier alpha value is -3.67. The topological polar surface area (TPSA) is 72.8 Å². The van der Waals surface area contributed by atoms with Gasteiger partial charge in [0, 0.05) is 29.1 Å². The van der Waals surface area contributed by atoms with E-state index in [1.807, 2.05) is 42.5 Å². The van der Waals surface area contributed by atoms with Crippen molar-refractivity contribution in [3.05, 3.63) is 89.7 Å². The van der Waals surface area contributed by atoms with E-state index in [1.54, 1.807) is 37.7 Å². The molecule has 6 nitrogen and oxygen atoms in total. The summed E-state index contributed by atoms with van der Waals surface area (Å²) in [6.45, 7) is 0. The fourth-order valence-corrected chi connectivity index (χ4v) is 2.55. The van der Waals surface area contributed by atoms with E-state index < -0.39 is 0 Å². The lowest BCUT2D eigenvalue weighted by molar-refractivity contribution is 0.0954. The fraction of sp³-hybridized carbons (Fsp3) is 0.0952. The molecule has 1 N–H and O–H groups in total. The van der Waals surface area contributed by atoms with Gasteiger partial charge in [0.15, 0.2) is 11.5 Å². The standard InChI is InChI=1S/C21H19N3O3/c1-26-18-9-8-17(14-19(18)27-2)21(25)24-23-20(15-6-4-3-5-7-15)16-10-12-22-13-11-16/h3-14H,1-2H3,(H,24,25). The maximum atomic E-state index is 12.6. The molecular formula is C21H19N3O3. The van der Waals surface area contributed by atoms with Gasteiger partial charge in [-0.2, -0.15) is 5.10 Å². The van der Waals surface area contributed by atoms with Crippen molar-refractivity contribution < 1.29 is 14.3 Å². The first-order valence-corrected chi connectivity index (χ1v) is 8.29. The van der Waals surface area contributed by atoms with Gasteiger partial charge in [-0.25, -0.2) is 5.43 Å². The van der Waals surface area contributed by atoms with E-state index in [1.165, 1.54) is 7.11 Å². The molecular weight excluding hydrogens is 342 g/mol. The molecule has 1 aromatic heterocycles. The Bertz CT molecular complexity index is 900. The van der Waals surface area contributed by atoms with Crippen LogP contribution in [0.25, 0.3) is 0 Å². The van der Waals surface area contributed by atoms with Crippen molar-refractivity contribution in [3.63, 3.8) is 0 Å². The minimum absolute atomic E-state index is 0.349. The third-order valence-corrected chi connectivity index (χ3v) is 3.92. The number of benzene rings is 2. The number of methoxy groups -OCH3 is 2. The second kappa shape index (κ2) is 8.62. The number of hydrogen-bond acceptors (Lipinski definition) is 5. The first-order valence-electron chi connectivity index (χ1n) is 8.29. The van der Waals surface area contributed by atoms with Crippen LogP contribution in [-0.4, -0.2) is 30.8 Å². The maximum absolute atomic E-state index is 12.6. The number of hydrogen-bond donors (Lipinski definition) is 1. The van der Waals surface area contributed by atoms with Gasteiger partial charge in [0.05, 0.1) is 19.9 Å². The van der Waals surface area contributed by atoms with E-state index in [0.29, 0.717) is 22.8 Å². The highest BCUT2D eigenvalue weighted by Gasteiger charge is 2.12. The van der Waals surface area contributed by atoms with E-state index >= 15 is 0 Å². The molecule has 0 radical (unpaired) electrons. The Morgan fingerprint density at radius 1 is 0.852 bits per heavy atom. The molecule has 3 rings (SSSR count). The zero-order valence-corrected chi connectivity index (χ0v) is 15.0. The van der Waals surface area contributed by atoms with Crippen molar-refractivity contribution in [2.45, 2.75) is 0 Å². The van der Waals surface area contributed by atoms with Gasteiger partial charge in [0.2, 0.25) is 0 Å². The highest BCUT2D eigenvalue weighted by molar-refractivity contribution is 6.13. The van der Waals surface area contributed by atoms with Crippen molar-refractivity contribution in [1.29, 1.82) is 0 Å². The molecule has 0 aliphatic rings. The minimum atomic E-state index is -0.349. The number of nitrogens with zero attached hydrogens (tertiary/aromatic N) is 2. The highest BCUT2D eigenvalue weighted by Crippen LogP contribution is 2.27. The SMILES string of the molecule is COc1ccc(C(=O)NN=C(c2ccccc2)c2ccncc2)cc1OC. The smallest absolute Gasteiger partial charge is 0.271 e. The Morgan fingerprint density at radius 3 is 2.19 bits per heavy atom. The summed E-state index contributed by atoms with van der Waals surface area (Å²) in [6.07, 6.45) is 3.37. The number of rotatable bonds is 6. The summed E-state index contributed by atoms with van der Waals surface area (Å²) in [4.78, 5) is 16.6. The summed E-state index contributed by atoms with van der Waals surface area (Å²) in [5.41, 5.74) is 5.41. The molecule has 0 unspecified atom stereocenters. The second-order valence-electron chi connectivity index (χ2n) is 5.57. The van der Waals surface area contributed by atoms with E-state index in [2.05, 4.69) is 15.5 Å². The van der Waals surface area contributed by atoms with Crippen molar-refractivity contribution in [3.8, 4) is 11.5 Å². The van der Waals surface area contributed by atoms with E-state index in [9.17, 15) is 4.79 Å². The van der Waals surface area contributed by atoms with Gasteiger partial charge in [-0.1, -0.05) is 30.3 Å². The van der Waals surface area contributed by atoms with Gasteiger partial charge in [-0.3, -0.25) is 9.78 Å². The Labute approximate surface area is 157 Å². The predicted molar refractivity (Wildman–Crippen MR) is 103 cm³/mol. The van der Waals surface area contributed by atoms with E-state index in [4.69, 9.17) is 9.47 Å². The molecule has 0 bridgehead atoms. The average molecular weight is 361 g/mol. The van der Waals surface area contributed by atoms with E-state index in [0.717, 1.165) is 11.1 Å². The molecule has 0 aliphatic carbocycles. The number of carbonyl (C=O) groups excluding carboxylic acids is 1. The van der Waals surface area contributed by atoms with Crippen LogP contribution in [-0.2, 0) is 0 Å². The number of aromatic nitrogens is 1. The van der Waals surface area contributed by atoms with Crippen LogP contribution < -0.4 is 14.9 Å². The van der Waals surface area contributed by atoms with Gasteiger partial charge < -0.3 is 9.47 Å². The quantitative estimate of drug-likeness (QED) is 0.540. The van der Waals surface area contributed by atoms with Crippen molar-refractivity contribution in [2.24, 2.45) is 5.10 Å².